The SMILES string of the molecule is CC(C)n1cnnc1-n1cc2c(n1)-c1cc(-c3ccn[nH]3)ccc1OCC2. The highest BCUT2D eigenvalue weighted by atomic mass is 16.5. The number of hydrogen-bond acceptors (Lipinski definition) is 5. The lowest BCUT2D eigenvalue weighted by Crippen LogP contribution is -2.09. The molecule has 3 aromatic heterocycles. The Kier molecular flexibility index (Phi) is 3.56. The number of aromatic amines is 1. The molecule has 27 heavy (non-hydrogen) atoms. The van der Waals surface area contributed by atoms with Crippen LogP contribution < -0.4 is 4.74 Å². The van der Waals surface area contributed by atoms with Crippen molar-refractivity contribution in [2.75, 3.05) is 6.61 Å². The van der Waals surface area contributed by atoms with E-state index in [2.05, 4.69) is 40.3 Å². The van der Waals surface area contributed by atoms with Gasteiger partial charge in [-0.05, 0) is 38.1 Å². The van der Waals surface area contributed by atoms with Crippen LogP contribution in [-0.4, -0.2) is 41.3 Å². The Morgan fingerprint density at radius 3 is 2.96 bits per heavy atom. The average Bonchev–Trinajstić information content (AvgIpc) is 3.41. The Morgan fingerprint density at radius 1 is 1.22 bits per heavy atom. The molecule has 4 heterocycles. The molecule has 0 radical (unpaired) electrons. The third-order valence-electron chi connectivity index (χ3n) is 4.78. The monoisotopic (exact) mass is 361 g/mol. The fraction of sp³-hybridized carbons (Fsp3) is 0.263. The number of ether oxygens (including phenoxy) is 1. The minimum Gasteiger partial charge on any atom is -0.493 e. The summed E-state index contributed by atoms with van der Waals surface area (Å²) in [6.07, 6.45) is 6.30. The molecule has 0 bridgehead atoms. The van der Waals surface area contributed by atoms with Gasteiger partial charge >= 0.3 is 0 Å². The third kappa shape index (κ3) is 2.61. The first-order valence-electron chi connectivity index (χ1n) is 8.96. The van der Waals surface area contributed by atoms with Gasteiger partial charge in [0.05, 0.1) is 18.0 Å². The Balaban J connectivity index is 1.65. The first-order valence-corrected chi connectivity index (χ1v) is 8.96. The molecule has 1 aromatic carbocycles. The molecule has 1 aliphatic heterocycles. The van der Waals surface area contributed by atoms with Gasteiger partial charge in [-0.1, -0.05) is 0 Å². The summed E-state index contributed by atoms with van der Waals surface area (Å²) in [6, 6.07) is 8.32. The summed E-state index contributed by atoms with van der Waals surface area (Å²) in [5.41, 5.74) is 5.03. The largest absolute Gasteiger partial charge is 0.493 e. The van der Waals surface area contributed by atoms with E-state index in [1.54, 1.807) is 12.5 Å². The van der Waals surface area contributed by atoms with Gasteiger partial charge in [0.2, 0.25) is 0 Å². The van der Waals surface area contributed by atoms with Crippen LogP contribution in [-0.2, 0) is 6.42 Å². The molecular formula is C19H19N7O. The normalized spacial score (nSPS) is 13.1. The van der Waals surface area contributed by atoms with E-state index in [0.29, 0.717) is 12.6 Å². The van der Waals surface area contributed by atoms with Crippen molar-refractivity contribution in [3.63, 3.8) is 0 Å². The first kappa shape index (κ1) is 15.8. The molecule has 8 heteroatoms. The van der Waals surface area contributed by atoms with Gasteiger partial charge in [-0.25, -0.2) is 4.68 Å². The summed E-state index contributed by atoms with van der Waals surface area (Å²) < 4.78 is 9.77. The molecule has 8 nitrogen and oxygen atoms in total. The van der Waals surface area contributed by atoms with Gasteiger partial charge < -0.3 is 4.74 Å². The molecule has 0 fully saturated rings. The Labute approximate surface area is 155 Å². The van der Waals surface area contributed by atoms with E-state index in [4.69, 9.17) is 9.84 Å². The molecule has 1 aliphatic rings. The Hall–Kier alpha value is -3.42. The Bertz CT molecular complexity index is 1090. The standard InChI is InChI=1S/C19H19N7O/c1-12(2)25-11-21-23-19(25)26-10-14-6-8-27-17-4-3-13(16-5-7-20-22-16)9-15(17)18(14)24-26/h3-5,7,9-12H,6,8H2,1-2H3,(H,20,22). The summed E-state index contributed by atoms with van der Waals surface area (Å²) in [4.78, 5) is 0. The first-order chi connectivity index (χ1) is 13.2. The van der Waals surface area contributed by atoms with Crippen molar-refractivity contribution in [2.45, 2.75) is 26.3 Å². The van der Waals surface area contributed by atoms with Crippen molar-refractivity contribution >= 4 is 0 Å². The maximum Gasteiger partial charge on any atom is 0.252 e. The number of H-pyrrole nitrogens is 1. The van der Waals surface area contributed by atoms with Gasteiger partial charge in [-0.2, -0.15) is 10.2 Å². The fourth-order valence-corrected chi connectivity index (χ4v) is 3.38. The van der Waals surface area contributed by atoms with E-state index in [-0.39, 0.29) is 6.04 Å². The van der Waals surface area contributed by atoms with Gasteiger partial charge in [0.1, 0.15) is 12.1 Å². The molecule has 4 aromatic rings. The predicted octanol–water partition coefficient (Wildman–Crippen LogP) is 3.04. The van der Waals surface area contributed by atoms with E-state index < -0.39 is 0 Å². The van der Waals surface area contributed by atoms with Crippen LogP contribution in [0.5, 0.6) is 5.75 Å². The lowest BCUT2D eigenvalue weighted by molar-refractivity contribution is 0.326. The molecule has 136 valence electrons. The molecular weight excluding hydrogens is 342 g/mol. The number of fused-ring (bicyclic) bond motifs is 3. The maximum absolute atomic E-state index is 5.95. The molecule has 0 spiro atoms. The minimum atomic E-state index is 0.251. The highest BCUT2D eigenvalue weighted by Crippen LogP contribution is 2.37. The quantitative estimate of drug-likeness (QED) is 0.606. The zero-order valence-corrected chi connectivity index (χ0v) is 15.1. The van der Waals surface area contributed by atoms with Crippen molar-refractivity contribution in [1.29, 1.82) is 0 Å². The van der Waals surface area contributed by atoms with E-state index in [1.165, 1.54) is 0 Å². The average molecular weight is 361 g/mol. The summed E-state index contributed by atoms with van der Waals surface area (Å²) in [5.74, 6) is 1.55. The zero-order chi connectivity index (χ0) is 18.4. The van der Waals surface area contributed by atoms with Gasteiger partial charge in [0.15, 0.2) is 0 Å². The van der Waals surface area contributed by atoms with Crippen molar-refractivity contribution in [3.8, 4) is 34.2 Å². The maximum atomic E-state index is 5.95. The molecule has 0 atom stereocenters. The number of aromatic nitrogens is 7. The van der Waals surface area contributed by atoms with Gasteiger partial charge in [0, 0.05) is 41.5 Å². The second-order valence-electron chi connectivity index (χ2n) is 6.86. The van der Waals surface area contributed by atoms with Gasteiger partial charge in [-0.3, -0.25) is 9.67 Å². The van der Waals surface area contributed by atoms with Gasteiger partial charge in [-0.15, -0.1) is 10.2 Å². The fourth-order valence-electron chi connectivity index (χ4n) is 3.38. The Morgan fingerprint density at radius 2 is 2.15 bits per heavy atom. The van der Waals surface area contributed by atoms with Crippen LogP contribution in [0.1, 0.15) is 25.5 Å². The van der Waals surface area contributed by atoms with Crippen LogP contribution in [0.3, 0.4) is 0 Å². The molecule has 0 amide bonds. The summed E-state index contributed by atoms with van der Waals surface area (Å²) >= 11 is 0. The zero-order valence-electron chi connectivity index (χ0n) is 15.1. The van der Waals surface area contributed by atoms with Crippen molar-refractivity contribution in [3.05, 3.63) is 48.5 Å². The number of hydrogen-bond donors (Lipinski definition) is 1. The van der Waals surface area contributed by atoms with Crippen molar-refractivity contribution < 1.29 is 4.74 Å². The van der Waals surface area contributed by atoms with Crippen LogP contribution in [0, 0.1) is 0 Å². The number of nitrogens with one attached hydrogen (secondary N) is 1. The number of rotatable bonds is 3. The van der Waals surface area contributed by atoms with Crippen LogP contribution in [0.2, 0.25) is 0 Å². The van der Waals surface area contributed by atoms with Crippen LogP contribution >= 0.6 is 0 Å². The predicted molar refractivity (Wildman–Crippen MR) is 99.7 cm³/mol. The van der Waals surface area contributed by atoms with Crippen molar-refractivity contribution in [2.24, 2.45) is 0 Å². The topological polar surface area (TPSA) is 86.4 Å². The lowest BCUT2D eigenvalue weighted by atomic mass is 10.0. The molecule has 5 rings (SSSR count). The molecule has 0 unspecified atom stereocenters. The minimum absolute atomic E-state index is 0.251. The van der Waals surface area contributed by atoms with E-state index in [1.807, 2.05) is 33.6 Å². The van der Waals surface area contributed by atoms with Gasteiger partial charge in [0.25, 0.3) is 5.95 Å². The summed E-state index contributed by atoms with van der Waals surface area (Å²) in [5, 5.41) is 20.2. The van der Waals surface area contributed by atoms with Crippen molar-refractivity contribution in [1.82, 2.24) is 34.7 Å². The number of benzene rings is 1. The number of nitrogens with zero attached hydrogens (tertiary/aromatic N) is 6. The molecule has 0 aliphatic carbocycles. The third-order valence-corrected chi connectivity index (χ3v) is 4.78. The molecule has 0 saturated carbocycles. The lowest BCUT2D eigenvalue weighted by Gasteiger charge is -2.10. The van der Waals surface area contributed by atoms with Crippen LogP contribution in [0.4, 0.5) is 0 Å². The second-order valence-corrected chi connectivity index (χ2v) is 6.86. The van der Waals surface area contributed by atoms with Crippen LogP contribution in [0.25, 0.3) is 28.5 Å². The molecule has 0 saturated heterocycles. The smallest absolute Gasteiger partial charge is 0.252 e. The highest BCUT2D eigenvalue weighted by Gasteiger charge is 2.22. The van der Waals surface area contributed by atoms with E-state index >= 15 is 0 Å². The van der Waals surface area contributed by atoms with E-state index in [0.717, 1.165) is 40.2 Å². The van der Waals surface area contributed by atoms with Crippen LogP contribution in [0.15, 0.2) is 43.0 Å². The highest BCUT2D eigenvalue weighted by molar-refractivity contribution is 5.76. The molecule has 1 N–H and O–H groups in total. The second kappa shape index (κ2) is 6.08. The summed E-state index contributed by atoms with van der Waals surface area (Å²) in [7, 11) is 0. The summed E-state index contributed by atoms with van der Waals surface area (Å²) in [6.45, 7) is 4.81. The van der Waals surface area contributed by atoms with E-state index in [9.17, 15) is 0 Å².